The highest BCUT2D eigenvalue weighted by atomic mass is 79.9. The Morgan fingerprint density at radius 1 is 1.30 bits per heavy atom. The Hall–Kier alpha value is -0.420. The van der Waals surface area contributed by atoms with Crippen molar-refractivity contribution < 1.29 is 0 Å². The van der Waals surface area contributed by atoms with Crippen LogP contribution in [0.4, 0.5) is 0 Å². The maximum absolute atomic E-state index is 6.04. The van der Waals surface area contributed by atoms with E-state index in [1.165, 1.54) is 38.0 Å². The van der Waals surface area contributed by atoms with Gasteiger partial charge in [-0.2, -0.15) is 0 Å². The minimum Gasteiger partial charge on any atom is -0.329 e. The van der Waals surface area contributed by atoms with E-state index in [-0.39, 0.29) is 0 Å². The van der Waals surface area contributed by atoms with Gasteiger partial charge in [-0.25, -0.2) is 0 Å². The topological polar surface area (TPSA) is 32.5 Å². The van der Waals surface area contributed by atoms with E-state index in [0.717, 1.165) is 4.47 Å². The quantitative estimate of drug-likeness (QED) is 0.895. The first-order valence-electron chi connectivity index (χ1n) is 7.55. The van der Waals surface area contributed by atoms with Crippen molar-refractivity contribution in [2.24, 2.45) is 5.73 Å². The maximum Gasteiger partial charge on any atom is 0.0470 e. The van der Waals surface area contributed by atoms with Crippen molar-refractivity contribution in [3.63, 3.8) is 0 Å². The predicted octanol–water partition coefficient (Wildman–Crippen LogP) is 2.87. The normalized spacial score (nSPS) is 19.4. The molecule has 1 saturated heterocycles. The van der Waals surface area contributed by atoms with E-state index in [4.69, 9.17) is 5.73 Å². The zero-order valence-electron chi connectivity index (χ0n) is 12.6. The summed E-state index contributed by atoms with van der Waals surface area (Å²) in [6, 6.07) is 9.53. The van der Waals surface area contributed by atoms with Gasteiger partial charge in [-0.15, -0.1) is 0 Å². The molecule has 0 aromatic heterocycles. The molecular formula is C16H26BrN3. The zero-order chi connectivity index (χ0) is 14.5. The van der Waals surface area contributed by atoms with E-state index in [1.807, 2.05) is 0 Å². The van der Waals surface area contributed by atoms with Crippen molar-refractivity contribution in [3.8, 4) is 0 Å². The van der Waals surface area contributed by atoms with Crippen LogP contribution in [0, 0.1) is 0 Å². The van der Waals surface area contributed by atoms with Gasteiger partial charge in [0.25, 0.3) is 0 Å². The van der Waals surface area contributed by atoms with Gasteiger partial charge in [0.05, 0.1) is 0 Å². The van der Waals surface area contributed by atoms with E-state index >= 15 is 0 Å². The summed E-state index contributed by atoms with van der Waals surface area (Å²) in [5.41, 5.74) is 7.36. The number of nitrogens with zero attached hydrogens (tertiary/aromatic N) is 2. The predicted molar refractivity (Wildman–Crippen MR) is 88.8 cm³/mol. The largest absolute Gasteiger partial charge is 0.329 e. The van der Waals surface area contributed by atoms with Crippen molar-refractivity contribution >= 4 is 15.9 Å². The highest BCUT2D eigenvalue weighted by Gasteiger charge is 2.26. The molecule has 0 amide bonds. The van der Waals surface area contributed by atoms with Crippen molar-refractivity contribution in [3.05, 3.63) is 34.3 Å². The standard InChI is InChI=1S/C16H26BrN3/c1-3-20-10-8-15(9-11-20)19(2)16(12-18)13-4-6-14(17)7-5-13/h4-7,15-16H,3,8-12,18H2,1-2H3. The molecule has 0 spiro atoms. The van der Waals surface area contributed by atoms with Crippen LogP contribution in [0.3, 0.4) is 0 Å². The van der Waals surface area contributed by atoms with Gasteiger partial charge in [0.2, 0.25) is 0 Å². The molecule has 1 fully saturated rings. The Balaban J connectivity index is 2.02. The SMILES string of the molecule is CCN1CCC(N(C)C(CN)c2ccc(Br)cc2)CC1. The number of halogens is 1. The van der Waals surface area contributed by atoms with Gasteiger partial charge in [0.15, 0.2) is 0 Å². The maximum atomic E-state index is 6.04. The number of rotatable bonds is 5. The van der Waals surface area contributed by atoms with Gasteiger partial charge in [0.1, 0.15) is 0 Å². The van der Waals surface area contributed by atoms with Gasteiger partial charge < -0.3 is 10.6 Å². The lowest BCUT2D eigenvalue weighted by atomic mass is 9.98. The van der Waals surface area contributed by atoms with E-state index in [9.17, 15) is 0 Å². The van der Waals surface area contributed by atoms with Crippen molar-refractivity contribution in [2.75, 3.05) is 33.2 Å². The molecule has 20 heavy (non-hydrogen) atoms. The van der Waals surface area contributed by atoms with Gasteiger partial charge in [0, 0.05) is 23.1 Å². The van der Waals surface area contributed by atoms with Crippen LogP contribution in [0.2, 0.25) is 0 Å². The first-order chi connectivity index (χ1) is 9.65. The second kappa shape index (κ2) is 7.55. The summed E-state index contributed by atoms with van der Waals surface area (Å²) < 4.78 is 1.12. The number of nitrogens with two attached hydrogens (primary N) is 1. The number of benzene rings is 1. The van der Waals surface area contributed by atoms with Crippen LogP contribution in [-0.2, 0) is 0 Å². The molecule has 0 radical (unpaired) electrons. The molecule has 0 aliphatic carbocycles. The number of likely N-dealkylation sites (tertiary alicyclic amines) is 1. The third kappa shape index (κ3) is 3.82. The van der Waals surface area contributed by atoms with Crippen LogP contribution in [0.1, 0.15) is 31.4 Å². The van der Waals surface area contributed by atoms with E-state index < -0.39 is 0 Å². The summed E-state index contributed by atoms with van der Waals surface area (Å²) in [5.74, 6) is 0. The zero-order valence-corrected chi connectivity index (χ0v) is 14.1. The Morgan fingerprint density at radius 3 is 2.40 bits per heavy atom. The van der Waals surface area contributed by atoms with Gasteiger partial charge >= 0.3 is 0 Å². The van der Waals surface area contributed by atoms with Crippen LogP contribution in [0.25, 0.3) is 0 Å². The molecule has 2 rings (SSSR count). The lowest BCUT2D eigenvalue weighted by Gasteiger charge is -2.40. The average molecular weight is 340 g/mol. The van der Waals surface area contributed by atoms with Crippen molar-refractivity contribution in [2.45, 2.75) is 31.8 Å². The lowest BCUT2D eigenvalue weighted by Crippen LogP contribution is -2.45. The summed E-state index contributed by atoms with van der Waals surface area (Å²) in [7, 11) is 2.23. The molecular weight excluding hydrogens is 314 g/mol. The number of hydrogen-bond acceptors (Lipinski definition) is 3. The fourth-order valence-electron chi connectivity index (χ4n) is 3.12. The minimum absolute atomic E-state index is 0.321. The summed E-state index contributed by atoms with van der Waals surface area (Å²) in [4.78, 5) is 5.01. The van der Waals surface area contributed by atoms with Crippen LogP contribution in [0.15, 0.2) is 28.7 Å². The monoisotopic (exact) mass is 339 g/mol. The van der Waals surface area contributed by atoms with Crippen LogP contribution in [-0.4, -0.2) is 49.1 Å². The summed E-state index contributed by atoms with van der Waals surface area (Å²) in [5, 5.41) is 0. The summed E-state index contributed by atoms with van der Waals surface area (Å²) in [6.45, 7) is 6.51. The number of piperidine rings is 1. The molecule has 1 aromatic carbocycles. The van der Waals surface area contributed by atoms with Crippen LogP contribution < -0.4 is 5.73 Å². The highest BCUT2D eigenvalue weighted by Crippen LogP contribution is 2.26. The van der Waals surface area contributed by atoms with Gasteiger partial charge in [-0.3, -0.25) is 4.90 Å². The van der Waals surface area contributed by atoms with E-state index in [1.54, 1.807) is 0 Å². The summed E-state index contributed by atoms with van der Waals surface area (Å²) in [6.07, 6.45) is 2.49. The smallest absolute Gasteiger partial charge is 0.0470 e. The molecule has 1 aliphatic heterocycles. The summed E-state index contributed by atoms with van der Waals surface area (Å²) >= 11 is 3.49. The second-order valence-electron chi connectivity index (χ2n) is 5.63. The lowest BCUT2D eigenvalue weighted by molar-refractivity contribution is 0.101. The molecule has 0 bridgehead atoms. The first-order valence-corrected chi connectivity index (χ1v) is 8.34. The van der Waals surface area contributed by atoms with Crippen molar-refractivity contribution in [1.82, 2.24) is 9.80 Å². The molecule has 0 saturated carbocycles. The van der Waals surface area contributed by atoms with Gasteiger partial charge in [-0.1, -0.05) is 35.0 Å². The second-order valence-corrected chi connectivity index (χ2v) is 6.55. The van der Waals surface area contributed by atoms with E-state index in [0.29, 0.717) is 18.6 Å². The molecule has 112 valence electrons. The molecule has 1 heterocycles. The molecule has 4 heteroatoms. The Morgan fingerprint density at radius 2 is 1.90 bits per heavy atom. The Bertz CT molecular complexity index is 399. The van der Waals surface area contributed by atoms with Crippen molar-refractivity contribution in [1.29, 1.82) is 0 Å². The molecule has 1 aromatic rings. The molecule has 3 nitrogen and oxygen atoms in total. The molecule has 2 N–H and O–H groups in total. The highest BCUT2D eigenvalue weighted by molar-refractivity contribution is 9.10. The fraction of sp³-hybridized carbons (Fsp3) is 0.625. The first kappa shape index (κ1) is 16.0. The Labute approximate surface area is 131 Å². The third-order valence-corrected chi connectivity index (χ3v) is 5.08. The number of likely N-dealkylation sites (N-methyl/N-ethyl adjacent to an activating group) is 1. The Kier molecular flexibility index (Phi) is 6.02. The number of hydrogen-bond donors (Lipinski definition) is 1. The van der Waals surface area contributed by atoms with E-state index in [2.05, 4.69) is 64.0 Å². The van der Waals surface area contributed by atoms with Gasteiger partial charge in [-0.05, 0) is 57.2 Å². The molecule has 1 unspecified atom stereocenters. The van der Waals surface area contributed by atoms with Crippen LogP contribution >= 0.6 is 15.9 Å². The molecule has 1 atom stereocenters. The minimum atomic E-state index is 0.321. The fourth-order valence-corrected chi connectivity index (χ4v) is 3.38. The average Bonchev–Trinajstić information content (AvgIpc) is 2.50. The van der Waals surface area contributed by atoms with Crippen LogP contribution in [0.5, 0.6) is 0 Å². The third-order valence-electron chi connectivity index (χ3n) is 4.55. The molecule has 1 aliphatic rings.